The molecule has 0 unspecified atom stereocenters. The van der Waals surface area contributed by atoms with Crippen LogP contribution in [0.1, 0.15) is 33.6 Å². The minimum atomic E-state index is -0.352. The molecule has 0 bridgehead atoms. The Bertz CT molecular complexity index is 73.3. The molecule has 0 aliphatic carbocycles. The Balaban J connectivity index is 3.69. The first-order valence-electron chi connectivity index (χ1n) is 3.99. The third-order valence-electron chi connectivity index (χ3n) is 2.05. The van der Waals surface area contributed by atoms with E-state index in [0.717, 1.165) is 12.8 Å². The van der Waals surface area contributed by atoms with E-state index in [0.29, 0.717) is 0 Å². The molecule has 2 N–H and O–H groups in total. The van der Waals surface area contributed by atoms with Crippen LogP contribution in [-0.4, -0.2) is 22.4 Å². The predicted molar refractivity (Wildman–Crippen MR) is 41.8 cm³/mol. The van der Waals surface area contributed by atoms with Crippen LogP contribution in [0.25, 0.3) is 0 Å². The molecule has 0 rings (SSSR count). The maximum absolute atomic E-state index is 9.27. The first-order chi connectivity index (χ1) is 4.63. The highest BCUT2D eigenvalue weighted by Gasteiger charge is 2.18. The van der Waals surface area contributed by atoms with Gasteiger partial charge in [-0.25, -0.2) is 0 Å². The summed E-state index contributed by atoms with van der Waals surface area (Å²) in [7, 11) is 0. The van der Waals surface area contributed by atoms with Gasteiger partial charge in [0.05, 0.1) is 12.2 Å². The van der Waals surface area contributed by atoms with E-state index in [1.165, 1.54) is 0 Å². The van der Waals surface area contributed by atoms with Crippen molar-refractivity contribution in [3.8, 4) is 0 Å². The fraction of sp³-hybridized carbons (Fsp3) is 1.00. The van der Waals surface area contributed by atoms with Gasteiger partial charge in [0.1, 0.15) is 0 Å². The van der Waals surface area contributed by atoms with Crippen molar-refractivity contribution in [3.63, 3.8) is 0 Å². The smallest absolute Gasteiger partial charge is 0.0587 e. The van der Waals surface area contributed by atoms with Gasteiger partial charge in [0, 0.05) is 5.92 Å². The van der Waals surface area contributed by atoms with E-state index in [2.05, 4.69) is 0 Å². The maximum atomic E-state index is 9.27. The van der Waals surface area contributed by atoms with Crippen molar-refractivity contribution in [2.24, 2.45) is 5.92 Å². The number of aliphatic hydroxyl groups excluding tert-OH is 2. The van der Waals surface area contributed by atoms with E-state index in [1.54, 1.807) is 0 Å². The molecule has 0 fully saturated rings. The molecule has 0 saturated heterocycles. The van der Waals surface area contributed by atoms with Gasteiger partial charge >= 0.3 is 0 Å². The second kappa shape index (κ2) is 4.69. The van der Waals surface area contributed by atoms with Crippen LogP contribution in [-0.2, 0) is 0 Å². The Hall–Kier alpha value is -0.0800. The average Bonchev–Trinajstić information content (AvgIpc) is 2.00. The van der Waals surface area contributed by atoms with Crippen LogP contribution in [0.4, 0.5) is 0 Å². The van der Waals surface area contributed by atoms with Gasteiger partial charge in [-0.15, -0.1) is 0 Å². The van der Waals surface area contributed by atoms with E-state index in [-0.39, 0.29) is 18.1 Å². The molecule has 0 spiro atoms. The summed E-state index contributed by atoms with van der Waals surface area (Å²) in [5.41, 5.74) is 0. The Morgan fingerprint density at radius 1 is 1.00 bits per heavy atom. The van der Waals surface area contributed by atoms with E-state index < -0.39 is 0 Å². The standard InChI is InChI=1S/C8H18O2/c1-4-7(9)6(3)8(10)5-2/h6-10H,4-5H2,1-3H3/t7-,8-/m0/s1. The predicted octanol–water partition coefficient (Wildman–Crippen LogP) is 1.16. The van der Waals surface area contributed by atoms with Gasteiger partial charge in [0.2, 0.25) is 0 Å². The first-order valence-corrected chi connectivity index (χ1v) is 3.99. The molecule has 0 aromatic heterocycles. The SMILES string of the molecule is CC[C@H](O)C(C)[C@@H](O)CC. The van der Waals surface area contributed by atoms with E-state index in [1.807, 2.05) is 20.8 Å². The lowest BCUT2D eigenvalue weighted by molar-refractivity contribution is 0.0186. The van der Waals surface area contributed by atoms with Crippen molar-refractivity contribution in [3.05, 3.63) is 0 Å². The van der Waals surface area contributed by atoms with Crippen molar-refractivity contribution in [2.75, 3.05) is 0 Å². The highest BCUT2D eigenvalue weighted by Crippen LogP contribution is 2.13. The lowest BCUT2D eigenvalue weighted by Gasteiger charge is -2.21. The molecule has 0 aliphatic heterocycles. The minimum absolute atomic E-state index is 0.00926. The van der Waals surface area contributed by atoms with Crippen LogP contribution in [0.15, 0.2) is 0 Å². The van der Waals surface area contributed by atoms with Gasteiger partial charge < -0.3 is 10.2 Å². The van der Waals surface area contributed by atoms with Crippen molar-refractivity contribution >= 4 is 0 Å². The number of hydrogen-bond acceptors (Lipinski definition) is 2. The zero-order valence-electron chi connectivity index (χ0n) is 7.04. The van der Waals surface area contributed by atoms with Crippen LogP contribution in [0.2, 0.25) is 0 Å². The largest absolute Gasteiger partial charge is 0.393 e. The van der Waals surface area contributed by atoms with Crippen LogP contribution in [0, 0.1) is 5.92 Å². The van der Waals surface area contributed by atoms with Gasteiger partial charge in [0.25, 0.3) is 0 Å². The molecule has 0 aromatic rings. The maximum Gasteiger partial charge on any atom is 0.0587 e. The Morgan fingerprint density at radius 3 is 1.50 bits per heavy atom. The molecule has 2 atom stereocenters. The molecule has 10 heavy (non-hydrogen) atoms. The van der Waals surface area contributed by atoms with Crippen LogP contribution < -0.4 is 0 Å². The molecular weight excluding hydrogens is 128 g/mol. The van der Waals surface area contributed by atoms with Crippen LogP contribution >= 0.6 is 0 Å². The van der Waals surface area contributed by atoms with Crippen LogP contribution in [0.3, 0.4) is 0 Å². The molecule has 0 heterocycles. The van der Waals surface area contributed by atoms with Crippen molar-refractivity contribution in [1.82, 2.24) is 0 Å². The summed E-state index contributed by atoms with van der Waals surface area (Å²) in [5, 5.41) is 18.5. The zero-order valence-corrected chi connectivity index (χ0v) is 7.04. The average molecular weight is 146 g/mol. The summed E-state index contributed by atoms with van der Waals surface area (Å²) >= 11 is 0. The van der Waals surface area contributed by atoms with E-state index in [4.69, 9.17) is 0 Å². The van der Waals surface area contributed by atoms with Gasteiger partial charge in [-0.1, -0.05) is 20.8 Å². The Morgan fingerprint density at radius 2 is 1.30 bits per heavy atom. The fourth-order valence-electron chi connectivity index (χ4n) is 1.00. The normalized spacial score (nSPS) is 17.4. The fourth-order valence-corrected chi connectivity index (χ4v) is 1.00. The molecule has 62 valence electrons. The summed E-state index contributed by atoms with van der Waals surface area (Å²) in [6, 6.07) is 0. The highest BCUT2D eigenvalue weighted by atomic mass is 16.3. The summed E-state index contributed by atoms with van der Waals surface area (Å²) in [6.07, 6.45) is 0.737. The highest BCUT2D eigenvalue weighted by molar-refractivity contribution is 4.69. The van der Waals surface area contributed by atoms with Gasteiger partial charge in [-0.05, 0) is 12.8 Å². The molecular formula is C8H18O2. The zero-order chi connectivity index (χ0) is 8.15. The quantitative estimate of drug-likeness (QED) is 0.625. The lowest BCUT2D eigenvalue weighted by atomic mass is 9.95. The van der Waals surface area contributed by atoms with Gasteiger partial charge in [-0.2, -0.15) is 0 Å². The Labute approximate surface area is 62.9 Å². The van der Waals surface area contributed by atoms with E-state index >= 15 is 0 Å². The number of hydrogen-bond donors (Lipinski definition) is 2. The van der Waals surface area contributed by atoms with E-state index in [9.17, 15) is 10.2 Å². The van der Waals surface area contributed by atoms with Crippen molar-refractivity contribution in [1.29, 1.82) is 0 Å². The summed E-state index contributed by atoms with van der Waals surface area (Å²) < 4.78 is 0. The topological polar surface area (TPSA) is 40.5 Å². The third kappa shape index (κ3) is 2.67. The summed E-state index contributed by atoms with van der Waals surface area (Å²) in [6.45, 7) is 5.72. The molecule has 0 saturated carbocycles. The molecule has 0 aliphatic rings. The Kier molecular flexibility index (Phi) is 4.65. The summed E-state index contributed by atoms with van der Waals surface area (Å²) in [4.78, 5) is 0. The number of aliphatic hydroxyl groups is 2. The summed E-state index contributed by atoms with van der Waals surface area (Å²) in [5.74, 6) is 0.00926. The monoisotopic (exact) mass is 146 g/mol. The van der Waals surface area contributed by atoms with Gasteiger partial charge in [-0.3, -0.25) is 0 Å². The first kappa shape index (κ1) is 9.92. The van der Waals surface area contributed by atoms with Crippen molar-refractivity contribution < 1.29 is 10.2 Å². The second-order valence-electron chi connectivity index (χ2n) is 2.81. The minimum Gasteiger partial charge on any atom is -0.393 e. The molecule has 0 radical (unpaired) electrons. The lowest BCUT2D eigenvalue weighted by Crippen LogP contribution is -2.28. The molecule has 0 amide bonds. The second-order valence-corrected chi connectivity index (χ2v) is 2.81. The molecule has 2 heteroatoms. The third-order valence-corrected chi connectivity index (χ3v) is 2.05. The van der Waals surface area contributed by atoms with Gasteiger partial charge in [0.15, 0.2) is 0 Å². The van der Waals surface area contributed by atoms with Crippen LogP contribution in [0.5, 0.6) is 0 Å². The number of rotatable bonds is 4. The molecule has 0 aromatic carbocycles. The molecule has 2 nitrogen and oxygen atoms in total. The van der Waals surface area contributed by atoms with Crippen molar-refractivity contribution in [2.45, 2.75) is 45.8 Å².